The quantitative estimate of drug-likeness (QED) is 0.108. The molecular formula is C89H66BBr2N9O2. The number of hydrogen-bond acceptors (Lipinski definition) is 11. The van der Waals surface area contributed by atoms with E-state index in [4.69, 9.17) is 39.2 Å². The minimum atomic E-state index is -0.395. The molecule has 0 radical (unpaired) electrons. The number of fused-ring (bicyclic) bond motifs is 2. The average Bonchev–Trinajstić information content (AvgIpc) is 1.76. The zero-order chi connectivity index (χ0) is 70.3. The Morgan fingerprint density at radius 2 is 0.515 bits per heavy atom. The number of rotatable bonds is 12. The first kappa shape index (κ1) is 67.2. The predicted octanol–water partition coefficient (Wildman–Crippen LogP) is 22.1. The van der Waals surface area contributed by atoms with Crippen LogP contribution in [0.1, 0.15) is 27.7 Å². The van der Waals surface area contributed by atoms with Crippen LogP contribution >= 0.6 is 31.9 Å². The van der Waals surface area contributed by atoms with Gasteiger partial charge in [0.05, 0.1) is 45.4 Å². The summed E-state index contributed by atoms with van der Waals surface area (Å²) in [6.45, 7) is 8.24. The number of nitrogens with zero attached hydrogens (tertiary/aromatic N) is 9. The van der Waals surface area contributed by atoms with E-state index in [1.165, 1.54) is 21.5 Å². The van der Waals surface area contributed by atoms with Crippen molar-refractivity contribution >= 4 is 66.0 Å². The Morgan fingerprint density at radius 1 is 0.252 bits per heavy atom. The van der Waals surface area contributed by atoms with Gasteiger partial charge in [0.15, 0.2) is 17.5 Å². The van der Waals surface area contributed by atoms with Crippen molar-refractivity contribution in [1.82, 2.24) is 44.9 Å². The van der Waals surface area contributed by atoms with E-state index in [1.807, 2.05) is 146 Å². The van der Waals surface area contributed by atoms with Gasteiger partial charge in [-0.25, -0.2) is 29.9 Å². The lowest BCUT2D eigenvalue weighted by Crippen LogP contribution is -2.41. The van der Waals surface area contributed by atoms with Gasteiger partial charge >= 0.3 is 7.12 Å². The number of hydrogen-bond donors (Lipinski definition) is 0. The first-order valence-electron chi connectivity index (χ1n) is 33.9. The van der Waals surface area contributed by atoms with Gasteiger partial charge in [-0.05, 0) is 144 Å². The summed E-state index contributed by atoms with van der Waals surface area (Å²) >= 11 is 7.02. The molecule has 17 rings (SSSR count). The molecule has 0 N–H and O–H groups in total. The molecule has 0 unspecified atom stereocenters. The zero-order valence-electron chi connectivity index (χ0n) is 56.9. The highest BCUT2D eigenvalue weighted by molar-refractivity contribution is 9.11. The maximum Gasteiger partial charge on any atom is 0.494 e. The van der Waals surface area contributed by atoms with Crippen LogP contribution in [0.25, 0.3) is 146 Å². The smallest absolute Gasteiger partial charge is 0.399 e. The van der Waals surface area contributed by atoms with Crippen LogP contribution in [0.2, 0.25) is 0 Å². The van der Waals surface area contributed by atoms with Crippen molar-refractivity contribution in [3.05, 3.63) is 337 Å². The third kappa shape index (κ3) is 14.9. The molecule has 0 aliphatic carbocycles. The second kappa shape index (κ2) is 29.9. The van der Waals surface area contributed by atoms with Crippen molar-refractivity contribution in [3.8, 4) is 124 Å². The summed E-state index contributed by atoms with van der Waals surface area (Å²) < 4.78 is 14.7. The average molecular weight is 1460 g/mol. The fourth-order valence-electron chi connectivity index (χ4n) is 12.4. The zero-order valence-corrected chi connectivity index (χ0v) is 60.0. The third-order valence-electron chi connectivity index (χ3n) is 18.7. The molecule has 7 heterocycles. The summed E-state index contributed by atoms with van der Waals surface area (Å²) in [5.74, 6) is 2.02. The lowest BCUT2D eigenvalue weighted by atomic mass is 9.79. The van der Waals surface area contributed by atoms with Crippen molar-refractivity contribution < 1.29 is 9.31 Å². The van der Waals surface area contributed by atoms with Gasteiger partial charge < -0.3 is 9.31 Å². The van der Waals surface area contributed by atoms with Gasteiger partial charge in [0.1, 0.15) is 0 Å². The van der Waals surface area contributed by atoms with Gasteiger partial charge in [0, 0.05) is 96.2 Å². The molecule has 16 aromatic rings. The van der Waals surface area contributed by atoms with E-state index in [-0.39, 0.29) is 11.2 Å². The molecule has 11 nitrogen and oxygen atoms in total. The summed E-state index contributed by atoms with van der Waals surface area (Å²) in [5, 5.41) is 4.85. The van der Waals surface area contributed by atoms with Crippen molar-refractivity contribution in [3.63, 3.8) is 0 Å². The number of halogens is 2. The van der Waals surface area contributed by atoms with E-state index in [0.29, 0.717) is 17.5 Å². The van der Waals surface area contributed by atoms with Crippen LogP contribution in [-0.2, 0) is 9.31 Å². The molecule has 0 bridgehead atoms. The molecule has 0 spiro atoms. The minimum Gasteiger partial charge on any atom is -0.399 e. The van der Waals surface area contributed by atoms with E-state index in [1.54, 1.807) is 37.2 Å². The van der Waals surface area contributed by atoms with Crippen molar-refractivity contribution in [2.24, 2.45) is 0 Å². The topological polar surface area (TPSA) is 134 Å². The fourth-order valence-corrected chi connectivity index (χ4v) is 13.4. The summed E-state index contributed by atoms with van der Waals surface area (Å²) in [6.07, 6.45) is 10.7. The molecular weight excluding hydrogens is 1400 g/mol. The summed E-state index contributed by atoms with van der Waals surface area (Å²) in [6, 6.07) is 99.3. The largest absolute Gasteiger partial charge is 0.494 e. The SMILES string of the molecule is Brc1cccc2c(Br)cccc12.CC1(C)OB(c2ccc(-c3nc(-c4ccccc4)cc(-c4ccncc4)n3)cc2)OC1(C)C.c1ccc(-c2cc(-c3ccncc3)nc(-c3ccc(-c4cccc5c(-c6ccc(-c7nc(-c8ccccc8)cc(-c8ccncc8)n7)cc6)cccc45)cc3)n2)cc1. The van der Waals surface area contributed by atoms with Crippen LogP contribution in [0.5, 0.6) is 0 Å². The fraction of sp³-hybridized carbons (Fsp3) is 0.0674. The predicted molar refractivity (Wildman–Crippen MR) is 425 cm³/mol. The van der Waals surface area contributed by atoms with E-state index in [9.17, 15) is 0 Å². The van der Waals surface area contributed by atoms with E-state index < -0.39 is 7.12 Å². The highest BCUT2D eigenvalue weighted by Gasteiger charge is 2.51. The van der Waals surface area contributed by atoms with Gasteiger partial charge in [0.25, 0.3) is 0 Å². The van der Waals surface area contributed by atoms with E-state index in [0.717, 1.165) is 121 Å². The van der Waals surface area contributed by atoms with Crippen LogP contribution in [0, 0.1) is 0 Å². The Bertz CT molecular complexity index is 5200. The molecule has 1 aliphatic heterocycles. The number of benzene rings is 10. The van der Waals surface area contributed by atoms with Crippen LogP contribution < -0.4 is 5.46 Å². The van der Waals surface area contributed by atoms with Crippen molar-refractivity contribution in [2.45, 2.75) is 38.9 Å². The first-order chi connectivity index (χ1) is 50.3. The monoisotopic (exact) mass is 1460 g/mol. The van der Waals surface area contributed by atoms with E-state index >= 15 is 0 Å². The summed E-state index contributed by atoms with van der Waals surface area (Å²) in [5.41, 5.74) is 18.9. The second-order valence-electron chi connectivity index (χ2n) is 25.8. The highest BCUT2D eigenvalue weighted by Crippen LogP contribution is 2.40. The van der Waals surface area contributed by atoms with Gasteiger partial charge in [-0.3, -0.25) is 15.0 Å². The molecule has 10 aromatic carbocycles. The molecule has 496 valence electrons. The molecule has 0 saturated carbocycles. The molecule has 1 aliphatic rings. The molecule has 6 aromatic heterocycles. The van der Waals surface area contributed by atoms with Crippen LogP contribution in [0.3, 0.4) is 0 Å². The summed E-state index contributed by atoms with van der Waals surface area (Å²) in [7, 11) is -0.395. The van der Waals surface area contributed by atoms with Gasteiger partial charge in [-0.2, -0.15) is 0 Å². The minimum absolute atomic E-state index is 0.372. The highest BCUT2D eigenvalue weighted by atomic mass is 79.9. The van der Waals surface area contributed by atoms with Crippen LogP contribution in [0.4, 0.5) is 0 Å². The number of pyridine rings is 3. The summed E-state index contributed by atoms with van der Waals surface area (Å²) in [4.78, 5) is 42.4. The Labute approximate surface area is 616 Å². The molecule has 1 saturated heterocycles. The van der Waals surface area contributed by atoms with Crippen molar-refractivity contribution in [1.29, 1.82) is 0 Å². The van der Waals surface area contributed by atoms with Crippen LogP contribution in [-0.4, -0.2) is 63.2 Å². The molecule has 0 amide bonds. The maximum atomic E-state index is 6.19. The molecule has 103 heavy (non-hydrogen) atoms. The molecule has 14 heteroatoms. The Morgan fingerprint density at radius 3 is 0.825 bits per heavy atom. The Kier molecular flexibility index (Phi) is 19.5. The maximum absolute atomic E-state index is 6.19. The number of aromatic nitrogens is 9. The first-order valence-corrected chi connectivity index (χ1v) is 35.5. The Balaban J connectivity index is 0.000000158. The second-order valence-corrected chi connectivity index (χ2v) is 27.5. The standard InChI is InChI=1S/C52H34N6.C27H26BN3O2.C10H6Br2/c1-3-9-37(10-4-1)47-33-49(39-25-29-53-30-26-39)57-51(55-47)41-21-17-35(18-22-41)43-13-7-16-46-44(14-8-15-45(43)46)36-19-23-42(24-20-36)52-56-48(38-11-5-2-6-12-38)34-50(58-52)40-27-31-54-32-28-40;1-26(2)27(3,4)33-28(32-26)22-12-10-21(11-13-22)25-30-23(19-8-6-5-7-9-19)18-24(31-25)20-14-16-29-17-15-20;11-9-5-1-3-7-8(9)4-2-6-10(7)12/h1-34H;5-18H,1-4H3;1-6H. The van der Waals surface area contributed by atoms with Gasteiger partial charge in [-0.1, -0.05) is 256 Å². The van der Waals surface area contributed by atoms with Crippen molar-refractivity contribution in [2.75, 3.05) is 0 Å². The molecule has 0 atom stereocenters. The lowest BCUT2D eigenvalue weighted by Gasteiger charge is -2.32. The van der Waals surface area contributed by atoms with Gasteiger partial charge in [0.2, 0.25) is 0 Å². The Hall–Kier alpha value is -11.6. The third-order valence-corrected chi connectivity index (χ3v) is 20.0. The normalized spacial score (nSPS) is 12.8. The van der Waals surface area contributed by atoms with Crippen LogP contribution in [0.15, 0.2) is 337 Å². The van der Waals surface area contributed by atoms with Gasteiger partial charge in [-0.15, -0.1) is 0 Å². The molecule has 1 fully saturated rings. The van der Waals surface area contributed by atoms with E-state index in [2.05, 4.69) is 220 Å². The lowest BCUT2D eigenvalue weighted by molar-refractivity contribution is 0.00578.